The predicted octanol–water partition coefficient (Wildman–Crippen LogP) is 1.47. The second-order valence-corrected chi connectivity index (χ2v) is 8.40. The van der Waals surface area contributed by atoms with Gasteiger partial charge in [-0.3, -0.25) is 9.59 Å². The zero-order chi connectivity index (χ0) is 20.1. The number of amides is 1. The molecular weight excluding hydrogens is 368 g/mol. The number of benzene rings is 2. The number of hydrogen-bond donors (Lipinski definition) is 2. The third-order valence-electron chi connectivity index (χ3n) is 4.34. The highest BCUT2D eigenvalue weighted by molar-refractivity contribution is 7.89. The summed E-state index contributed by atoms with van der Waals surface area (Å²) in [5, 5.41) is 12.1. The molecule has 0 aliphatic carbocycles. The third-order valence-corrected chi connectivity index (χ3v) is 6.16. The number of sulfonamides is 1. The van der Waals surface area contributed by atoms with Gasteiger partial charge in [0.2, 0.25) is 15.9 Å². The van der Waals surface area contributed by atoms with Gasteiger partial charge in [0.1, 0.15) is 5.41 Å². The van der Waals surface area contributed by atoms with Gasteiger partial charge >= 0.3 is 5.97 Å². The first-order valence-electron chi connectivity index (χ1n) is 8.25. The molecule has 0 heterocycles. The zero-order valence-electron chi connectivity index (χ0n) is 15.1. The Labute approximate surface area is 158 Å². The fourth-order valence-electron chi connectivity index (χ4n) is 2.50. The van der Waals surface area contributed by atoms with Crippen molar-refractivity contribution >= 4 is 21.9 Å². The van der Waals surface area contributed by atoms with E-state index >= 15 is 0 Å². The molecule has 2 aromatic rings. The molecule has 27 heavy (non-hydrogen) atoms. The van der Waals surface area contributed by atoms with Crippen molar-refractivity contribution in [1.29, 1.82) is 0 Å². The molecule has 2 aromatic carbocycles. The van der Waals surface area contributed by atoms with E-state index in [9.17, 15) is 23.1 Å². The Hall–Kier alpha value is -2.71. The van der Waals surface area contributed by atoms with Gasteiger partial charge in [-0.1, -0.05) is 48.5 Å². The van der Waals surface area contributed by atoms with E-state index in [1.165, 1.54) is 26.1 Å². The largest absolute Gasteiger partial charge is 0.481 e. The number of nitrogens with one attached hydrogen (secondary N) is 1. The maximum Gasteiger partial charge on any atom is 0.315 e. The van der Waals surface area contributed by atoms with Crippen LogP contribution in [0.2, 0.25) is 0 Å². The lowest BCUT2D eigenvalue weighted by atomic mass is 9.82. The lowest BCUT2D eigenvalue weighted by Crippen LogP contribution is -2.47. The van der Waals surface area contributed by atoms with Crippen LogP contribution in [0.1, 0.15) is 12.5 Å². The van der Waals surface area contributed by atoms with E-state index in [-0.39, 0.29) is 11.4 Å². The van der Waals surface area contributed by atoms with Crippen molar-refractivity contribution in [1.82, 2.24) is 9.62 Å². The van der Waals surface area contributed by atoms with E-state index in [4.69, 9.17) is 0 Å². The monoisotopic (exact) mass is 390 g/mol. The Balaban J connectivity index is 2.06. The SMILES string of the molecule is CN(CC(=O)NCC(C)(C(=O)O)c1ccccc1)S(=O)(=O)c1ccccc1. The van der Waals surface area contributed by atoms with Crippen LogP contribution in [0.3, 0.4) is 0 Å². The second kappa shape index (κ2) is 8.32. The number of carboxylic acid groups (broad SMARTS) is 1. The van der Waals surface area contributed by atoms with Crippen LogP contribution in [-0.4, -0.2) is 49.8 Å². The Morgan fingerprint density at radius 1 is 1.04 bits per heavy atom. The molecule has 8 heteroatoms. The van der Waals surface area contributed by atoms with Crippen LogP contribution in [0.5, 0.6) is 0 Å². The first-order chi connectivity index (χ1) is 12.7. The van der Waals surface area contributed by atoms with Crippen LogP contribution in [0, 0.1) is 0 Å². The lowest BCUT2D eigenvalue weighted by molar-refractivity contribution is -0.143. The summed E-state index contributed by atoms with van der Waals surface area (Å²) in [4.78, 5) is 24.0. The van der Waals surface area contributed by atoms with E-state index in [1.54, 1.807) is 48.5 Å². The van der Waals surface area contributed by atoms with Gasteiger partial charge in [0.25, 0.3) is 0 Å². The summed E-state index contributed by atoms with van der Waals surface area (Å²) in [6.07, 6.45) is 0. The Morgan fingerprint density at radius 2 is 1.56 bits per heavy atom. The Kier molecular flexibility index (Phi) is 6.35. The quantitative estimate of drug-likeness (QED) is 0.710. The van der Waals surface area contributed by atoms with Crippen LogP contribution >= 0.6 is 0 Å². The number of nitrogens with zero attached hydrogens (tertiary/aromatic N) is 1. The van der Waals surface area contributed by atoms with Crippen molar-refractivity contribution in [3.8, 4) is 0 Å². The number of rotatable bonds is 8. The summed E-state index contributed by atoms with van der Waals surface area (Å²) in [5.74, 6) is -1.67. The summed E-state index contributed by atoms with van der Waals surface area (Å²) >= 11 is 0. The van der Waals surface area contributed by atoms with Gasteiger partial charge in [0.05, 0.1) is 11.4 Å². The van der Waals surface area contributed by atoms with E-state index in [2.05, 4.69) is 5.32 Å². The van der Waals surface area contributed by atoms with Gasteiger partial charge in [0.15, 0.2) is 0 Å². The molecule has 1 unspecified atom stereocenters. The van der Waals surface area contributed by atoms with E-state index < -0.39 is 33.9 Å². The average Bonchev–Trinajstić information content (AvgIpc) is 2.67. The van der Waals surface area contributed by atoms with Crippen molar-refractivity contribution in [2.75, 3.05) is 20.1 Å². The number of carbonyl (C=O) groups excluding carboxylic acids is 1. The molecule has 0 spiro atoms. The molecule has 7 nitrogen and oxygen atoms in total. The average molecular weight is 390 g/mol. The van der Waals surface area contributed by atoms with E-state index in [0.29, 0.717) is 5.56 Å². The summed E-state index contributed by atoms with van der Waals surface area (Å²) in [7, 11) is -2.50. The standard InChI is InChI=1S/C19H22N2O5S/c1-19(18(23)24,15-9-5-3-6-10-15)14-20-17(22)13-21(2)27(25,26)16-11-7-4-8-12-16/h3-12H,13-14H2,1-2H3,(H,20,22)(H,23,24). The summed E-state index contributed by atoms with van der Waals surface area (Å²) in [6.45, 7) is 0.932. The highest BCUT2D eigenvalue weighted by Gasteiger charge is 2.35. The molecule has 0 bridgehead atoms. The van der Waals surface area contributed by atoms with Gasteiger partial charge in [0, 0.05) is 13.6 Å². The smallest absolute Gasteiger partial charge is 0.315 e. The Bertz CT molecular complexity index is 900. The van der Waals surface area contributed by atoms with Crippen LogP contribution in [-0.2, 0) is 25.0 Å². The van der Waals surface area contributed by atoms with E-state index in [0.717, 1.165) is 4.31 Å². The van der Waals surface area contributed by atoms with Gasteiger partial charge < -0.3 is 10.4 Å². The molecule has 1 atom stereocenters. The fraction of sp³-hybridized carbons (Fsp3) is 0.263. The molecule has 0 radical (unpaired) electrons. The normalized spacial score (nSPS) is 13.7. The van der Waals surface area contributed by atoms with Gasteiger partial charge in [-0.05, 0) is 24.6 Å². The maximum atomic E-state index is 12.5. The topological polar surface area (TPSA) is 104 Å². The van der Waals surface area contributed by atoms with Crippen molar-refractivity contribution < 1.29 is 23.1 Å². The van der Waals surface area contributed by atoms with Crippen LogP contribution < -0.4 is 5.32 Å². The van der Waals surface area contributed by atoms with Gasteiger partial charge in [-0.25, -0.2) is 8.42 Å². The number of carbonyl (C=O) groups is 2. The highest BCUT2D eigenvalue weighted by Crippen LogP contribution is 2.23. The summed E-state index contributed by atoms with van der Waals surface area (Å²) < 4.78 is 25.8. The molecule has 0 aliphatic heterocycles. The number of likely N-dealkylation sites (N-methyl/N-ethyl adjacent to an activating group) is 1. The molecule has 0 aliphatic rings. The molecule has 144 valence electrons. The Morgan fingerprint density at radius 3 is 2.07 bits per heavy atom. The van der Waals surface area contributed by atoms with Crippen molar-refractivity contribution in [2.45, 2.75) is 17.2 Å². The summed E-state index contributed by atoms with van der Waals surface area (Å²) in [5.41, 5.74) is -0.781. The maximum absolute atomic E-state index is 12.5. The molecular formula is C19H22N2O5S. The first kappa shape index (κ1) is 20.6. The van der Waals surface area contributed by atoms with Crippen LogP contribution in [0.15, 0.2) is 65.6 Å². The number of carboxylic acids is 1. The molecule has 1 amide bonds. The third kappa shape index (κ3) is 4.72. The minimum Gasteiger partial charge on any atom is -0.481 e. The number of aliphatic carboxylic acids is 1. The first-order valence-corrected chi connectivity index (χ1v) is 9.69. The van der Waals surface area contributed by atoms with Crippen molar-refractivity contribution in [3.05, 3.63) is 66.2 Å². The van der Waals surface area contributed by atoms with Crippen molar-refractivity contribution in [3.63, 3.8) is 0 Å². The zero-order valence-corrected chi connectivity index (χ0v) is 15.9. The van der Waals surface area contributed by atoms with Gasteiger partial charge in [-0.15, -0.1) is 0 Å². The minimum atomic E-state index is -3.80. The molecule has 0 aromatic heterocycles. The predicted molar refractivity (Wildman–Crippen MR) is 101 cm³/mol. The number of hydrogen-bond acceptors (Lipinski definition) is 4. The van der Waals surface area contributed by atoms with Crippen LogP contribution in [0.25, 0.3) is 0 Å². The second-order valence-electron chi connectivity index (χ2n) is 6.35. The van der Waals surface area contributed by atoms with Gasteiger partial charge in [-0.2, -0.15) is 4.31 Å². The summed E-state index contributed by atoms with van der Waals surface area (Å²) in [6, 6.07) is 16.3. The minimum absolute atomic E-state index is 0.0833. The molecule has 2 N–H and O–H groups in total. The van der Waals surface area contributed by atoms with Crippen LogP contribution in [0.4, 0.5) is 0 Å². The molecule has 0 fully saturated rings. The lowest BCUT2D eigenvalue weighted by Gasteiger charge is -2.26. The molecule has 0 saturated heterocycles. The highest BCUT2D eigenvalue weighted by atomic mass is 32.2. The van der Waals surface area contributed by atoms with E-state index in [1.807, 2.05) is 0 Å². The molecule has 2 rings (SSSR count). The fourth-order valence-corrected chi connectivity index (χ4v) is 3.65. The molecule has 0 saturated carbocycles. The van der Waals surface area contributed by atoms with Crippen molar-refractivity contribution in [2.24, 2.45) is 0 Å².